The molecule has 1 aliphatic carbocycles. The average molecular weight is 368 g/mol. The van der Waals surface area contributed by atoms with Crippen molar-refractivity contribution in [1.29, 1.82) is 0 Å². The molecule has 1 N–H and O–H groups in total. The molecule has 5 nitrogen and oxygen atoms in total. The van der Waals surface area contributed by atoms with Gasteiger partial charge in [-0.3, -0.25) is 4.79 Å². The van der Waals surface area contributed by atoms with E-state index in [1.165, 1.54) is 18.6 Å². The second-order valence-corrected chi connectivity index (χ2v) is 9.24. The number of benzene rings is 1. The largest absolute Gasteiger partial charge is 0.376 e. The summed E-state index contributed by atoms with van der Waals surface area (Å²) < 4.78 is 36.7. The van der Waals surface area contributed by atoms with Crippen LogP contribution in [0.15, 0.2) is 24.3 Å². The SMILES string of the molecule is O=C(CNc1ccc(F)cc1)N(C1CCCCC1)C1CCS(=O)(=O)C1. The van der Waals surface area contributed by atoms with E-state index in [1.54, 1.807) is 12.1 Å². The van der Waals surface area contributed by atoms with E-state index >= 15 is 0 Å². The fraction of sp³-hybridized carbons (Fsp3) is 0.611. The summed E-state index contributed by atoms with van der Waals surface area (Å²) >= 11 is 0. The molecule has 7 heteroatoms. The van der Waals surface area contributed by atoms with Gasteiger partial charge in [-0.15, -0.1) is 0 Å². The Morgan fingerprint density at radius 2 is 1.76 bits per heavy atom. The minimum atomic E-state index is -3.04. The van der Waals surface area contributed by atoms with Crippen LogP contribution in [0.1, 0.15) is 38.5 Å². The Bertz CT molecular complexity index is 700. The molecular weight excluding hydrogens is 343 g/mol. The molecule has 2 fully saturated rings. The molecule has 1 heterocycles. The Labute approximate surface area is 148 Å². The average Bonchev–Trinajstić information content (AvgIpc) is 2.95. The second-order valence-electron chi connectivity index (χ2n) is 7.01. The van der Waals surface area contributed by atoms with Crippen LogP contribution in [0, 0.1) is 5.82 Å². The summed E-state index contributed by atoms with van der Waals surface area (Å²) in [5.74, 6) is -0.152. The number of amides is 1. The predicted molar refractivity (Wildman–Crippen MR) is 95.7 cm³/mol. The third-order valence-electron chi connectivity index (χ3n) is 5.15. The molecule has 0 aromatic heterocycles. The first-order chi connectivity index (χ1) is 11.9. The first-order valence-corrected chi connectivity index (χ1v) is 10.8. The molecule has 0 radical (unpaired) electrons. The molecule has 2 aliphatic rings. The Hall–Kier alpha value is -1.63. The minimum Gasteiger partial charge on any atom is -0.376 e. The lowest BCUT2D eigenvalue weighted by atomic mass is 9.93. The highest BCUT2D eigenvalue weighted by Crippen LogP contribution is 2.28. The summed E-state index contributed by atoms with van der Waals surface area (Å²) in [6, 6.07) is 5.79. The van der Waals surface area contributed by atoms with Gasteiger partial charge in [-0.1, -0.05) is 19.3 Å². The number of nitrogens with zero attached hydrogens (tertiary/aromatic N) is 1. The zero-order valence-electron chi connectivity index (χ0n) is 14.3. The van der Waals surface area contributed by atoms with Gasteiger partial charge in [0.1, 0.15) is 5.82 Å². The monoisotopic (exact) mass is 368 g/mol. The number of hydrogen-bond donors (Lipinski definition) is 1. The molecule has 138 valence electrons. The third-order valence-corrected chi connectivity index (χ3v) is 6.90. The lowest BCUT2D eigenvalue weighted by Gasteiger charge is -2.38. The molecule has 1 aromatic rings. The van der Waals surface area contributed by atoms with Crippen LogP contribution in [0.4, 0.5) is 10.1 Å². The number of sulfone groups is 1. The van der Waals surface area contributed by atoms with Crippen LogP contribution in [-0.4, -0.2) is 49.4 Å². The summed E-state index contributed by atoms with van der Waals surface area (Å²) in [6.07, 6.45) is 5.76. The van der Waals surface area contributed by atoms with E-state index in [-0.39, 0.29) is 41.9 Å². The van der Waals surface area contributed by atoms with Crippen LogP contribution in [-0.2, 0) is 14.6 Å². The number of nitrogens with one attached hydrogen (secondary N) is 1. The van der Waals surface area contributed by atoms with Gasteiger partial charge in [0.05, 0.1) is 18.1 Å². The van der Waals surface area contributed by atoms with Crippen molar-refractivity contribution in [3.63, 3.8) is 0 Å². The Morgan fingerprint density at radius 1 is 1.08 bits per heavy atom. The highest BCUT2D eigenvalue weighted by atomic mass is 32.2. The molecule has 3 rings (SSSR count). The summed E-state index contributed by atoms with van der Waals surface area (Å²) in [5, 5.41) is 3.03. The molecule has 1 aromatic carbocycles. The number of rotatable bonds is 5. The number of anilines is 1. The van der Waals surface area contributed by atoms with Gasteiger partial charge in [0.25, 0.3) is 0 Å². The number of halogens is 1. The maximum Gasteiger partial charge on any atom is 0.242 e. The van der Waals surface area contributed by atoms with E-state index in [9.17, 15) is 17.6 Å². The summed E-state index contributed by atoms with van der Waals surface area (Å²) in [5.41, 5.74) is 0.678. The molecule has 1 amide bonds. The normalized spacial score (nSPS) is 23.3. The number of hydrogen-bond acceptors (Lipinski definition) is 4. The fourth-order valence-corrected chi connectivity index (χ4v) is 5.61. The number of carbonyl (C=O) groups excluding carboxylic acids is 1. The lowest BCUT2D eigenvalue weighted by Crippen LogP contribution is -2.50. The first-order valence-electron chi connectivity index (χ1n) is 8.96. The van der Waals surface area contributed by atoms with Gasteiger partial charge >= 0.3 is 0 Å². The fourth-order valence-electron chi connectivity index (χ4n) is 3.90. The van der Waals surface area contributed by atoms with Crippen molar-refractivity contribution in [3.05, 3.63) is 30.1 Å². The minimum absolute atomic E-state index is 0.0710. The topological polar surface area (TPSA) is 66.5 Å². The first kappa shape index (κ1) is 18.2. The Kier molecular flexibility index (Phi) is 5.61. The van der Waals surface area contributed by atoms with Crippen molar-refractivity contribution in [1.82, 2.24) is 4.90 Å². The van der Waals surface area contributed by atoms with E-state index in [2.05, 4.69) is 5.32 Å². The van der Waals surface area contributed by atoms with Gasteiger partial charge in [-0.25, -0.2) is 12.8 Å². The molecule has 25 heavy (non-hydrogen) atoms. The molecule has 0 spiro atoms. The summed E-state index contributed by atoms with van der Waals surface area (Å²) in [7, 11) is -3.04. The van der Waals surface area contributed by atoms with E-state index in [0.717, 1.165) is 25.7 Å². The standard InChI is InChI=1S/C18H25FN2O3S/c19-14-6-8-15(9-7-14)20-12-18(22)21(16-4-2-1-3-5-16)17-10-11-25(23,24)13-17/h6-9,16-17,20H,1-5,10-13H2. The van der Waals surface area contributed by atoms with Gasteiger partial charge in [0.2, 0.25) is 5.91 Å². The Balaban J connectivity index is 1.69. The maximum atomic E-state index is 13.0. The van der Waals surface area contributed by atoms with Crippen molar-refractivity contribution in [3.8, 4) is 0 Å². The zero-order valence-corrected chi connectivity index (χ0v) is 15.1. The van der Waals surface area contributed by atoms with Gasteiger partial charge in [0.15, 0.2) is 9.84 Å². The molecule has 1 unspecified atom stereocenters. The molecule has 1 saturated heterocycles. The second kappa shape index (κ2) is 7.72. The van der Waals surface area contributed by atoms with Crippen LogP contribution >= 0.6 is 0 Å². The van der Waals surface area contributed by atoms with Crippen molar-refractivity contribution in [2.75, 3.05) is 23.4 Å². The van der Waals surface area contributed by atoms with Crippen LogP contribution in [0.25, 0.3) is 0 Å². The smallest absolute Gasteiger partial charge is 0.242 e. The van der Waals surface area contributed by atoms with E-state index < -0.39 is 9.84 Å². The van der Waals surface area contributed by atoms with Gasteiger partial charge in [-0.05, 0) is 43.5 Å². The van der Waals surface area contributed by atoms with Crippen LogP contribution < -0.4 is 5.32 Å². The molecule has 1 saturated carbocycles. The third kappa shape index (κ3) is 4.71. The summed E-state index contributed by atoms with van der Waals surface area (Å²) in [6.45, 7) is 0.0959. The van der Waals surface area contributed by atoms with Crippen molar-refractivity contribution < 1.29 is 17.6 Å². The van der Waals surface area contributed by atoms with Gasteiger partial charge in [0, 0.05) is 17.8 Å². The number of carbonyl (C=O) groups is 1. The van der Waals surface area contributed by atoms with Gasteiger partial charge < -0.3 is 10.2 Å². The summed E-state index contributed by atoms with van der Waals surface area (Å²) in [4.78, 5) is 14.7. The van der Waals surface area contributed by atoms with Crippen LogP contribution in [0.3, 0.4) is 0 Å². The van der Waals surface area contributed by atoms with E-state index in [4.69, 9.17) is 0 Å². The van der Waals surface area contributed by atoms with E-state index in [1.807, 2.05) is 4.90 Å². The van der Waals surface area contributed by atoms with Crippen molar-refractivity contribution >= 4 is 21.4 Å². The molecule has 1 atom stereocenters. The highest BCUT2D eigenvalue weighted by Gasteiger charge is 2.38. The predicted octanol–water partition coefficient (Wildman–Crippen LogP) is 2.59. The zero-order chi connectivity index (χ0) is 17.9. The van der Waals surface area contributed by atoms with Crippen molar-refractivity contribution in [2.24, 2.45) is 0 Å². The molecular formula is C18H25FN2O3S. The lowest BCUT2D eigenvalue weighted by molar-refractivity contribution is -0.134. The Morgan fingerprint density at radius 3 is 2.36 bits per heavy atom. The van der Waals surface area contributed by atoms with Gasteiger partial charge in [-0.2, -0.15) is 0 Å². The van der Waals surface area contributed by atoms with Crippen LogP contribution in [0.2, 0.25) is 0 Å². The molecule has 1 aliphatic heterocycles. The van der Waals surface area contributed by atoms with E-state index in [0.29, 0.717) is 12.1 Å². The molecule has 0 bridgehead atoms. The quantitative estimate of drug-likeness (QED) is 0.868. The highest BCUT2D eigenvalue weighted by molar-refractivity contribution is 7.91. The maximum absolute atomic E-state index is 13.0. The van der Waals surface area contributed by atoms with Crippen LogP contribution in [0.5, 0.6) is 0 Å². The van der Waals surface area contributed by atoms with Crippen molar-refractivity contribution in [2.45, 2.75) is 50.6 Å².